The fraction of sp³-hybridized carbons (Fsp3) is 0.571. The number of hydrogen-bond donors (Lipinski definition) is 1. The number of benzene rings is 1. The minimum atomic E-state index is 0.832. The summed E-state index contributed by atoms with van der Waals surface area (Å²) in [5.74, 6) is 1.94. The number of ether oxygens (including phenoxy) is 1. The van der Waals surface area contributed by atoms with E-state index in [-0.39, 0.29) is 0 Å². The number of nitrogen functional groups attached to an aromatic ring is 1. The Morgan fingerprint density at radius 3 is 2.80 bits per heavy atom. The summed E-state index contributed by atoms with van der Waals surface area (Å²) >= 11 is 0. The van der Waals surface area contributed by atoms with Gasteiger partial charge in [0.1, 0.15) is 11.6 Å². The third-order valence-corrected chi connectivity index (χ3v) is 5.25. The Hall–Kier alpha value is -1.97. The molecule has 0 bridgehead atoms. The summed E-state index contributed by atoms with van der Waals surface area (Å²) in [6, 6.07) is 6.00. The number of rotatable bonds is 7. The van der Waals surface area contributed by atoms with Gasteiger partial charge in [0.05, 0.1) is 12.6 Å². The number of hydrogen-bond acceptors (Lipinski definition) is 4. The van der Waals surface area contributed by atoms with Gasteiger partial charge < -0.3 is 15.4 Å². The van der Waals surface area contributed by atoms with Crippen molar-refractivity contribution < 1.29 is 4.74 Å². The van der Waals surface area contributed by atoms with Crippen molar-refractivity contribution in [1.82, 2.24) is 4.98 Å². The second kappa shape index (κ2) is 8.41. The van der Waals surface area contributed by atoms with Gasteiger partial charge in [-0.1, -0.05) is 32.6 Å². The monoisotopic (exact) mass is 341 g/mol. The Morgan fingerprint density at radius 1 is 1.16 bits per heavy atom. The van der Waals surface area contributed by atoms with E-state index in [9.17, 15) is 0 Å². The molecule has 0 spiro atoms. The van der Waals surface area contributed by atoms with Crippen LogP contribution >= 0.6 is 0 Å². The quantitative estimate of drug-likeness (QED) is 0.725. The van der Waals surface area contributed by atoms with Crippen molar-refractivity contribution in [2.45, 2.75) is 58.3 Å². The number of nitrogens with two attached hydrogens (primary N) is 1. The van der Waals surface area contributed by atoms with Gasteiger partial charge in [0.2, 0.25) is 0 Å². The standard InChI is InChI=1S/C21H31N3O/c1-3-4-5-6-8-13-24-14-9-7-10-18-20(22)17-12-11-16(25-2)15-19(17)23-21(18)24/h11-12,15H,3-10,13-14H2,1-2H3,(H2,22,23). The smallest absolute Gasteiger partial charge is 0.134 e. The molecule has 0 aliphatic carbocycles. The van der Waals surface area contributed by atoms with Crippen LogP contribution in [0, 0.1) is 0 Å². The molecule has 0 saturated carbocycles. The SMILES string of the molecule is CCCCCCCN1CCCCc2c1nc1cc(OC)ccc1c2N. The second-order valence-electron chi connectivity index (χ2n) is 7.07. The molecule has 0 fully saturated rings. The summed E-state index contributed by atoms with van der Waals surface area (Å²) in [5, 5.41) is 1.05. The summed E-state index contributed by atoms with van der Waals surface area (Å²) in [6.45, 7) is 4.43. The van der Waals surface area contributed by atoms with Crippen LogP contribution < -0.4 is 15.4 Å². The number of fused-ring (bicyclic) bond motifs is 2. The lowest BCUT2D eigenvalue weighted by Crippen LogP contribution is -2.26. The molecule has 0 saturated heterocycles. The molecule has 0 radical (unpaired) electrons. The van der Waals surface area contributed by atoms with Gasteiger partial charge in [-0.05, 0) is 37.8 Å². The number of nitrogens with zero attached hydrogens (tertiary/aromatic N) is 2. The molecule has 1 aromatic carbocycles. The van der Waals surface area contributed by atoms with Crippen LogP contribution in [-0.4, -0.2) is 25.2 Å². The van der Waals surface area contributed by atoms with E-state index < -0.39 is 0 Å². The van der Waals surface area contributed by atoms with E-state index in [0.717, 1.165) is 47.7 Å². The number of aromatic nitrogens is 1. The van der Waals surface area contributed by atoms with Gasteiger partial charge >= 0.3 is 0 Å². The van der Waals surface area contributed by atoms with Gasteiger partial charge in [-0.3, -0.25) is 0 Å². The Bertz CT molecular complexity index is 714. The van der Waals surface area contributed by atoms with E-state index in [4.69, 9.17) is 15.5 Å². The highest BCUT2D eigenvalue weighted by molar-refractivity contribution is 5.95. The summed E-state index contributed by atoms with van der Waals surface area (Å²) in [4.78, 5) is 7.47. The largest absolute Gasteiger partial charge is 0.497 e. The van der Waals surface area contributed by atoms with Gasteiger partial charge in [-0.25, -0.2) is 4.98 Å². The number of methoxy groups -OCH3 is 1. The predicted molar refractivity (Wildman–Crippen MR) is 107 cm³/mol. The maximum Gasteiger partial charge on any atom is 0.134 e. The molecule has 0 unspecified atom stereocenters. The van der Waals surface area contributed by atoms with Gasteiger partial charge in [-0.15, -0.1) is 0 Å². The molecule has 4 heteroatoms. The van der Waals surface area contributed by atoms with Crippen molar-refractivity contribution in [2.75, 3.05) is 30.8 Å². The van der Waals surface area contributed by atoms with Gasteiger partial charge in [0.15, 0.2) is 0 Å². The highest BCUT2D eigenvalue weighted by atomic mass is 16.5. The summed E-state index contributed by atoms with van der Waals surface area (Å²) in [5.41, 5.74) is 9.63. The lowest BCUT2D eigenvalue weighted by molar-refractivity contribution is 0.415. The zero-order valence-corrected chi connectivity index (χ0v) is 15.7. The average Bonchev–Trinajstić information content (AvgIpc) is 2.84. The minimum absolute atomic E-state index is 0.832. The number of pyridine rings is 1. The molecular weight excluding hydrogens is 310 g/mol. The Morgan fingerprint density at radius 2 is 2.00 bits per heavy atom. The molecule has 1 aromatic heterocycles. The van der Waals surface area contributed by atoms with Crippen molar-refractivity contribution in [1.29, 1.82) is 0 Å². The van der Waals surface area contributed by atoms with E-state index in [0.29, 0.717) is 0 Å². The molecule has 136 valence electrons. The lowest BCUT2D eigenvalue weighted by atomic mass is 10.0. The average molecular weight is 341 g/mol. The summed E-state index contributed by atoms with van der Waals surface area (Å²) < 4.78 is 5.37. The molecule has 3 rings (SSSR count). The first-order valence-corrected chi connectivity index (χ1v) is 9.75. The first kappa shape index (κ1) is 17.8. The van der Waals surface area contributed by atoms with Crippen LogP contribution in [0.5, 0.6) is 5.75 Å². The zero-order valence-electron chi connectivity index (χ0n) is 15.7. The molecule has 1 aliphatic heterocycles. The normalized spacial score (nSPS) is 14.4. The number of unbranched alkanes of at least 4 members (excludes halogenated alkanes) is 4. The molecule has 2 N–H and O–H groups in total. The molecular formula is C21H31N3O. The molecule has 0 atom stereocenters. The zero-order chi connectivity index (χ0) is 17.6. The van der Waals surface area contributed by atoms with Crippen LogP contribution in [0.1, 0.15) is 57.4 Å². The van der Waals surface area contributed by atoms with Crippen molar-refractivity contribution in [3.63, 3.8) is 0 Å². The number of anilines is 2. The summed E-state index contributed by atoms with van der Waals surface area (Å²) in [7, 11) is 1.69. The van der Waals surface area contributed by atoms with E-state index >= 15 is 0 Å². The van der Waals surface area contributed by atoms with Crippen LogP contribution in [0.15, 0.2) is 18.2 Å². The maximum atomic E-state index is 6.55. The van der Waals surface area contributed by atoms with E-state index in [1.165, 1.54) is 50.5 Å². The van der Waals surface area contributed by atoms with Crippen molar-refractivity contribution >= 4 is 22.4 Å². The first-order chi connectivity index (χ1) is 12.2. The Labute approximate surface area is 151 Å². The van der Waals surface area contributed by atoms with Crippen LogP contribution in [0.3, 0.4) is 0 Å². The topological polar surface area (TPSA) is 51.4 Å². The fourth-order valence-electron chi connectivity index (χ4n) is 3.77. The van der Waals surface area contributed by atoms with E-state index in [2.05, 4.69) is 11.8 Å². The molecule has 1 aliphatic rings. The third-order valence-electron chi connectivity index (χ3n) is 5.25. The highest BCUT2D eigenvalue weighted by Crippen LogP contribution is 2.35. The van der Waals surface area contributed by atoms with Crippen LogP contribution in [0.25, 0.3) is 10.9 Å². The summed E-state index contributed by atoms with van der Waals surface area (Å²) in [6.07, 6.45) is 9.93. The fourth-order valence-corrected chi connectivity index (χ4v) is 3.77. The second-order valence-corrected chi connectivity index (χ2v) is 7.07. The molecule has 4 nitrogen and oxygen atoms in total. The van der Waals surface area contributed by atoms with Crippen molar-refractivity contribution in [3.8, 4) is 5.75 Å². The maximum absolute atomic E-state index is 6.55. The first-order valence-electron chi connectivity index (χ1n) is 9.75. The molecule has 2 aromatic rings. The van der Waals surface area contributed by atoms with Gasteiger partial charge in [0.25, 0.3) is 0 Å². The molecule has 0 amide bonds. The lowest BCUT2D eigenvalue weighted by Gasteiger charge is -2.25. The van der Waals surface area contributed by atoms with Gasteiger partial charge in [0, 0.05) is 35.8 Å². The highest BCUT2D eigenvalue weighted by Gasteiger charge is 2.21. The van der Waals surface area contributed by atoms with Crippen LogP contribution in [0.4, 0.5) is 11.5 Å². The third kappa shape index (κ3) is 4.00. The molecule has 25 heavy (non-hydrogen) atoms. The van der Waals surface area contributed by atoms with Crippen LogP contribution in [-0.2, 0) is 6.42 Å². The van der Waals surface area contributed by atoms with Gasteiger partial charge in [-0.2, -0.15) is 0 Å². The van der Waals surface area contributed by atoms with Crippen molar-refractivity contribution in [2.24, 2.45) is 0 Å². The Balaban J connectivity index is 1.89. The van der Waals surface area contributed by atoms with Crippen molar-refractivity contribution in [3.05, 3.63) is 23.8 Å². The Kier molecular flexibility index (Phi) is 6.00. The van der Waals surface area contributed by atoms with E-state index in [1.54, 1.807) is 7.11 Å². The van der Waals surface area contributed by atoms with Crippen LogP contribution in [0.2, 0.25) is 0 Å². The van der Waals surface area contributed by atoms with E-state index in [1.807, 2.05) is 18.2 Å². The molecule has 2 heterocycles. The predicted octanol–water partition coefficient (Wildman–Crippen LogP) is 4.94. The minimum Gasteiger partial charge on any atom is -0.497 e.